The zero-order valence-electron chi connectivity index (χ0n) is 7.64. The van der Waals surface area contributed by atoms with Gasteiger partial charge in [-0.25, -0.2) is 14.3 Å². The summed E-state index contributed by atoms with van der Waals surface area (Å²) in [7, 11) is 1.48. The van der Waals surface area contributed by atoms with Crippen molar-refractivity contribution in [3.8, 4) is 5.88 Å². The number of halogens is 1. The number of nitrogens with zero attached hydrogens (tertiary/aromatic N) is 3. The molecule has 0 bridgehead atoms. The van der Waals surface area contributed by atoms with E-state index in [1.165, 1.54) is 11.6 Å². The van der Waals surface area contributed by atoms with Gasteiger partial charge in [0.05, 0.1) is 7.11 Å². The van der Waals surface area contributed by atoms with Crippen LogP contribution in [0.25, 0.3) is 5.65 Å². The van der Waals surface area contributed by atoms with Crippen LogP contribution in [0.2, 0.25) is 0 Å². The van der Waals surface area contributed by atoms with Gasteiger partial charge in [0.1, 0.15) is 4.60 Å². The molecule has 1 N–H and O–H groups in total. The third kappa shape index (κ3) is 1.54. The lowest BCUT2D eigenvalue weighted by Gasteiger charge is -1.98. The first-order valence-electron chi connectivity index (χ1n) is 3.96. The molecule has 7 heteroatoms. The van der Waals surface area contributed by atoms with E-state index in [4.69, 9.17) is 9.84 Å². The van der Waals surface area contributed by atoms with Gasteiger partial charge in [0, 0.05) is 6.07 Å². The predicted octanol–water partition coefficient (Wildman–Crippen LogP) is 1.20. The number of aromatic carboxylic acids is 1. The minimum atomic E-state index is -1.11. The molecule has 0 aliphatic carbocycles. The SMILES string of the molecule is COc1ccc2nc(C(=O)O)c(Br)n2n1. The lowest BCUT2D eigenvalue weighted by Crippen LogP contribution is -1.98. The molecular formula is C8H6BrN3O3. The predicted molar refractivity (Wildman–Crippen MR) is 54.2 cm³/mol. The molecule has 2 aromatic rings. The molecule has 6 nitrogen and oxygen atoms in total. The smallest absolute Gasteiger partial charge is 0.357 e. The topological polar surface area (TPSA) is 76.7 Å². The number of methoxy groups -OCH3 is 1. The van der Waals surface area contributed by atoms with E-state index in [1.54, 1.807) is 12.1 Å². The van der Waals surface area contributed by atoms with Gasteiger partial charge in [-0.1, -0.05) is 0 Å². The molecule has 0 aromatic carbocycles. The largest absolute Gasteiger partial charge is 0.480 e. The summed E-state index contributed by atoms with van der Waals surface area (Å²) in [6.45, 7) is 0. The highest BCUT2D eigenvalue weighted by Crippen LogP contribution is 2.19. The summed E-state index contributed by atoms with van der Waals surface area (Å²) in [4.78, 5) is 14.7. The minimum absolute atomic E-state index is 0.0734. The van der Waals surface area contributed by atoms with E-state index in [0.29, 0.717) is 16.1 Å². The molecule has 0 spiro atoms. The molecule has 2 heterocycles. The van der Waals surface area contributed by atoms with Gasteiger partial charge in [0.2, 0.25) is 5.88 Å². The Labute approximate surface area is 92.6 Å². The van der Waals surface area contributed by atoms with E-state index < -0.39 is 5.97 Å². The van der Waals surface area contributed by atoms with Crippen LogP contribution in [0.1, 0.15) is 10.5 Å². The van der Waals surface area contributed by atoms with Crippen molar-refractivity contribution in [1.29, 1.82) is 0 Å². The number of rotatable bonds is 2. The molecule has 0 unspecified atom stereocenters. The number of hydrogen-bond donors (Lipinski definition) is 1. The van der Waals surface area contributed by atoms with E-state index >= 15 is 0 Å². The highest BCUT2D eigenvalue weighted by molar-refractivity contribution is 9.10. The molecule has 0 radical (unpaired) electrons. The number of carboxylic acid groups (broad SMARTS) is 1. The van der Waals surface area contributed by atoms with Crippen LogP contribution >= 0.6 is 15.9 Å². The zero-order valence-corrected chi connectivity index (χ0v) is 9.22. The summed E-state index contributed by atoms with van der Waals surface area (Å²) >= 11 is 3.12. The second-order valence-electron chi connectivity index (χ2n) is 2.70. The van der Waals surface area contributed by atoms with Crippen molar-refractivity contribution < 1.29 is 14.6 Å². The third-order valence-electron chi connectivity index (χ3n) is 1.81. The lowest BCUT2D eigenvalue weighted by molar-refractivity contribution is 0.0690. The first-order valence-corrected chi connectivity index (χ1v) is 4.75. The first-order chi connectivity index (χ1) is 7.13. The maximum Gasteiger partial charge on any atom is 0.357 e. The monoisotopic (exact) mass is 271 g/mol. The van der Waals surface area contributed by atoms with Crippen LogP contribution in [0.3, 0.4) is 0 Å². The molecule has 0 fully saturated rings. The van der Waals surface area contributed by atoms with Gasteiger partial charge in [-0.3, -0.25) is 0 Å². The molecular weight excluding hydrogens is 266 g/mol. The van der Waals surface area contributed by atoms with Crippen molar-refractivity contribution in [2.45, 2.75) is 0 Å². The Bertz CT molecular complexity index is 537. The van der Waals surface area contributed by atoms with Crippen molar-refractivity contribution in [2.75, 3.05) is 7.11 Å². The maximum atomic E-state index is 10.8. The van der Waals surface area contributed by atoms with Crippen molar-refractivity contribution in [1.82, 2.24) is 14.6 Å². The number of imidazole rings is 1. The molecule has 0 saturated carbocycles. The average Bonchev–Trinajstić information content (AvgIpc) is 2.56. The fourth-order valence-corrected chi connectivity index (χ4v) is 1.65. The number of carboxylic acids is 1. The molecule has 2 rings (SSSR count). The van der Waals surface area contributed by atoms with Gasteiger partial charge in [0.15, 0.2) is 11.3 Å². The average molecular weight is 272 g/mol. The van der Waals surface area contributed by atoms with Gasteiger partial charge < -0.3 is 9.84 Å². The molecule has 15 heavy (non-hydrogen) atoms. The third-order valence-corrected chi connectivity index (χ3v) is 2.52. The Morgan fingerprint density at radius 3 is 2.93 bits per heavy atom. The second kappa shape index (κ2) is 3.50. The van der Waals surface area contributed by atoms with Crippen LogP contribution in [0.4, 0.5) is 0 Å². The van der Waals surface area contributed by atoms with Gasteiger partial charge in [-0.2, -0.15) is 0 Å². The van der Waals surface area contributed by atoms with Crippen LogP contribution in [0.15, 0.2) is 16.7 Å². The number of carbonyl (C=O) groups is 1. The van der Waals surface area contributed by atoms with Gasteiger partial charge in [-0.15, -0.1) is 5.10 Å². The van der Waals surface area contributed by atoms with E-state index in [1.807, 2.05) is 0 Å². The van der Waals surface area contributed by atoms with Crippen LogP contribution in [0, 0.1) is 0 Å². The summed E-state index contributed by atoms with van der Waals surface area (Å²) in [6, 6.07) is 3.24. The summed E-state index contributed by atoms with van der Waals surface area (Å²) in [5.41, 5.74) is 0.371. The fourth-order valence-electron chi connectivity index (χ4n) is 1.13. The van der Waals surface area contributed by atoms with Crippen molar-refractivity contribution in [3.63, 3.8) is 0 Å². The van der Waals surface area contributed by atoms with Crippen molar-refractivity contribution in [3.05, 3.63) is 22.4 Å². The summed E-state index contributed by atoms with van der Waals surface area (Å²) < 4.78 is 6.58. The van der Waals surface area contributed by atoms with E-state index in [2.05, 4.69) is 26.0 Å². The number of fused-ring (bicyclic) bond motifs is 1. The van der Waals surface area contributed by atoms with Crippen LogP contribution < -0.4 is 4.74 Å². The molecule has 78 valence electrons. The number of ether oxygens (including phenoxy) is 1. The van der Waals surface area contributed by atoms with Gasteiger partial charge in [0.25, 0.3) is 0 Å². The lowest BCUT2D eigenvalue weighted by atomic mass is 10.5. The van der Waals surface area contributed by atoms with Crippen LogP contribution in [0.5, 0.6) is 5.88 Å². The Morgan fingerprint density at radius 2 is 2.33 bits per heavy atom. The molecule has 0 aliphatic rings. The summed E-state index contributed by atoms with van der Waals surface area (Å²) in [5.74, 6) is -0.719. The van der Waals surface area contributed by atoms with E-state index in [9.17, 15) is 4.79 Å². The van der Waals surface area contributed by atoms with Gasteiger partial charge >= 0.3 is 5.97 Å². The second-order valence-corrected chi connectivity index (χ2v) is 3.45. The summed E-state index contributed by atoms with van der Waals surface area (Å²) in [5, 5.41) is 12.8. The Balaban J connectivity index is 2.72. The Hall–Kier alpha value is -1.63. The molecule has 0 saturated heterocycles. The zero-order chi connectivity index (χ0) is 11.0. The number of aromatic nitrogens is 3. The van der Waals surface area contributed by atoms with E-state index in [-0.39, 0.29) is 5.69 Å². The molecule has 0 atom stereocenters. The Kier molecular flexibility index (Phi) is 2.31. The number of hydrogen-bond acceptors (Lipinski definition) is 4. The summed E-state index contributed by atoms with van der Waals surface area (Å²) in [6.07, 6.45) is 0. The van der Waals surface area contributed by atoms with E-state index in [0.717, 1.165) is 0 Å². The minimum Gasteiger partial charge on any atom is -0.480 e. The van der Waals surface area contributed by atoms with Crippen molar-refractivity contribution in [2.24, 2.45) is 0 Å². The molecule has 0 amide bonds. The normalized spacial score (nSPS) is 10.5. The highest BCUT2D eigenvalue weighted by Gasteiger charge is 2.17. The van der Waals surface area contributed by atoms with Crippen molar-refractivity contribution >= 4 is 27.5 Å². The highest BCUT2D eigenvalue weighted by atomic mass is 79.9. The van der Waals surface area contributed by atoms with Crippen LogP contribution in [-0.4, -0.2) is 32.8 Å². The standard InChI is InChI=1S/C8H6BrN3O3/c1-15-5-3-2-4-10-6(8(13)14)7(9)12(4)11-5/h2-3H,1H3,(H,13,14). The fraction of sp³-hybridized carbons (Fsp3) is 0.125. The maximum absolute atomic E-state index is 10.8. The Morgan fingerprint density at radius 1 is 1.60 bits per heavy atom. The first kappa shape index (κ1) is 9.91. The quantitative estimate of drug-likeness (QED) is 0.888. The van der Waals surface area contributed by atoms with Crippen LogP contribution in [-0.2, 0) is 0 Å². The van der Waals surface area contributed by atoms with Gasteiger partial charge in [-0.05, 0) is 22.0 Å². The molecule has 2 aromatic heterocycles. The molecule has 0 aliphatic heterocycles.